The van der Waals surface area contributed by atoms with Crippen molar-refractivity contribution in [2.75, 3.05) is 37.1 Å². The van der Waals surface area contributed by atoms with E-state index in [1.807, 2.05) is 32.5 Å². The van der Waals surface area contributed by atoms with Crippen molar-refractivity contribution in [1.29, 1.82) is 0 Å². The Kier molecular flexibility index (Phi) is 28.8. The number of hydrogen-bond donors (Lipinski definition) is 0. The van der Waals surface area contributed by atoms with Gasteiger partial charge in [-0.05, 0) is 39.4 Å². The maximum absolute atomic E-state index is 12.1. The molecule has 0 aromatic carbocycles. The van der Waals surface area contributed by atoms with Gasteiger partial charge in [0.1, 0.15) is 0 Å². The largest absolute Gasteiger partial charge is 0.500 e. The van der Waals surface area contributed by atoms with Crippen LogP contribution in [0.1, 0.15) is 137 Å². The molecule has 0 unspecified atom stereocenters. The Balaban J connectivity index is 3.47. The van der Waals surface area contributed by atoms with Crippen LogP contribution in [0.5, 0.6) is 0 Å². The summed E-state index contributed by atoms with van der Waals surface area (Å²) in [5.74, 6) is 3.02. The van der Waals surface area contributed by atoms with Gasteiger partial charge < -0.3 is 13.3 Å². The van der Waals surface area contributed by atoms with E-state index in [9.17, 15) is 4.79 Å². The third kappa shape index (κ3) is 23.6. The molecule has 0 heterocycles. The van der Waals surface area contributed by atoms with E-state index in [2.05, 4.69) is 6.92 Å². The molecule has 0 amide bonds. The molecule has 0 radical (unpaired) electrons. The molecule has 0 aromatic heterocycles. The van der Waals surface area contributed by atoms with Crippen LogP contribution in [0, 0.1) is 0 Å². The van der Waals surface area contributed by atoms with Crippen LogP contribution in [-0.4, -0.2) is 51.0 Å². The zero-order chi connectivity index (χ0) is 26.6. The Labute approximate surface area is 234 Å². The van der Waals surface area contributed by atoms with Gasteiger partial charge in [-0.2, -0.15) is 11.8 Å². The minimum Gasteiger partial charge on any atom is -0.374 e. The van der Waals surface area contributed by atoms with Gasteiger partial charge in [-0.25, -0.2) is 0 Å². The van der Waals surface area contributed by atoms with E-state index < -0.39 is 8.80 Å². The van der Waals surface area contributed by atoms with E-state index in [1.54, 1.807) is 0 Å². The molecule has 0 saturated heterocycles. The Morgan fingerprint density at radius 1 is 0.556 bits per heavy atom. The molecule has 0 saturated carbocycles. The second kappa shape index (κ2) is 28.5. The van der Waals surface area contributed by atoms with Gasteiger partial charge in [0.15, 0.2) is 5.12 Å². The summed E-state index contributed by atoms with van der Waals surface area (Å²) in [7, 11) is -2.50. The smallest absolute Gasteiger partial charge is 0.374 e. The lowest BCUT2D eigenvalue weighted by Gasteiger charge is -2.28. The zero-order valence-corrected chi connectivity index (χ0v) is 27.1. The van der Waals surface area contributed by atoms with Gasteiger partial charge in [0.05, 0.1) is 0 Å². The summed E-state index contributed by atoms with van der Waals surface area (Å²) in [6.07, 6.45) is 22.3. The third-order valence-corrected chi connectivity index (χ3v) is 11.8. The average molecular weight is 565 g/mol. The fourth-order valence-corrected chi connectivity index (χ4v) is 9.16. The molecule has 36 heavy (non-hydrogen) atoms. The van der Waals surface area contributed by atoms with Crippen molar-refractivity contribution >= 4 is 37.4 Å². The van der Waals surface area contributed by atoms with Crippen molar-refractivity contribution in [3.63, 3.8) is 0 Å². The number of hydrogen-bond acceptors (Lipinski definition) is 6. The van der Waals surface area contributed by atoms with Crippen molar-refractivity contribution in [1.82, 2.24) is 0 Å². The van der Waals surface area contributed by atoms with Crippen LogP contribution in [0.2, 0.25) is 6.04 Å². The van der Waals surface area contributed by atoms with Crippen LogP contribution in [-0.2, 0) is 18.1 Å². The molecular weight excluding hydrogens is 505 g/mol. The quantitative estimate of drug-likeness (QED) is 0.0665. The number of carbonyl (C=O) groups excluding carboxylic acids is 1. The van der Waals surface area contributed by atoms with Gasteiger partial charge in [-0.15, -0.1) is 0 Å². The number of thioether (sulfide) groups is 2. The molecule has 0 aliphatic rings. The fraction of sp³-hybridized carbons (Fsp3) is 0.966. The van der Waals surface area contributed by atoms with Crippen LogP contribution in [0.4, 0.5) is 0 Å². The van der Waals surface area contributed by atoms with Gasteiger partial charge >= 0.3 is 8.80 Å². The van der Waals surface area contributed by atoms with Gasteiger partial charge in [0, 0.05) is 43.8 Å². The summed E-state index contributed by atoms with van der Waals surface area (Å²) >= 11 is 3.45. The van der Waals surface area contributed by atoms with E-state index in [0.717, 1.165) is 42.6 Å². The lowest BCUT2D eigenvalue weighted by molar-refractivity contribution is -0.111. The molecule has 0 atom stereocenters. The number of carbonyl (C=O) groups is 1. The highest BCUT2D eigenvalue weighted by atomic mass is 32.2. The van der Waals surface area contributed by atoms with Gasteiger partial charge in [0.25, 0.3) is 0 Å². The molecular formula is C29H60O4S2Si. The summed E-state index contributed by atoms with van der Waals surface area (Å²) in [5.41, 5.74) is 0. The highest BCUT2D eigenvalue weighted by molar-refractivity contribution is 8.14. The Bertz CT molecular complexity index is 452. The van der Waals surface area contributed by atoms with Crippen LogP contribution in [0.3, 0.4) is 0 Å². The van der Waals surface area contributed by atoms with Crippen LogP contribution >= 0.6 is 23.5 Å². The molecule has 7 heteroatoms. The molecule has 0 N–H and O–H groups in total. The number of rotatable bonds is 29. The highest BCUT2D eigenvalue weighted by Crippen LogP contribution is 2.21. The van der Waals surface area contributed by atoms with Crippen LogP contribution in [0.15, 0.2) is 0 Å². The first-order chi connectivity index (χ1) is 17.6. The lowest BCUT2D eigenvalue weighted by atomic mass is 10.0. The first kappa shape index (κ1) is 36.5. The summed E-state index contributed by atoms with van der Waals surface area (Å²) in [5, 5.41) is 0.376. The molecule has 0 aliphatic heterocycles. The Hall–Kier alpha value is 0.467. The first-order valence-electron chi connectivity index (χ1n) is 15.3. The van der Waals surface area contributed by atoms with E-state index in [4.69, 9.17) is 13.3 Å². The maximum atomic E-state index is 12.1. The van der Waals surface area contributed by atoms with E-state index in [-0.39, 0.29) is 0 Å². The van der Waals surface area contributed by atoms with E-state index in [1.165, 1.54) is 102 Å². The summed E-state index contributed by atoms with van der Waals surface area (Å²) in [4.78, 5) is 12.1. The highest BCUT2D eigenvalue weighted by Gasteiger charge is 2.39. The molecule has 0 bridgehead atoms. The Morgan fingerprint density at radius 3 is 1.44 bits per heavy atom. The lowest BCUT2D eigenvalue weighted by Crippen LogP contribution is -2.46. The van der Waals surface area contributed by atoms with Crippen molar-refractivity contribution < 1.29 is 18.1 Å². The molecule has 0 aliphatic carbocycles. The molecule has 4 nitrogen and oxygen atoms in total. The minimum atomic E-state index is -2.50. The fourth-order valence-electron chi connectivity index (χ4n) is 4.42. The maximum Gasteiger partial charge on any atom is 0.500 e. The van der Waals surface area contributed by atoms with Crippen molar-refractivity contribution in [3.8, 4) is 0 Å². The van der Waals surface area contributed by atoms with Crippen molar-refractivity contribution in [2.24, 2.45) is 0 Å². The first-order valence-corrected chi connectivity index (χ1v) is 19.4. The van der Waals surface area contributed by atoms with Gasteiger partial charge in [-0.3, -0.25) is 4.79 Å². The molecule has 0 fully saturated rings. The second-order valence-corrected chi connectivity index (χ2v) is 14.7. The van der Waals surface area contributed by atoms with Crippen LogP contribution in [0.25, 0.3) is 0 Å². The summed E-state index contributed by atoms with van der Waals surface area (Å²) in [6.45, 7) is 10.2. The second-order valence-electron chi connectivity index (χ2n) is 9.62. The minimum absolute atomic E-state index is 0.376. The van der Waals surface area contributed by atoms with Crippen molar-refractivity contribution in [3.05, 3.63) is 0 Å². The number of unbranched alkanes of at least 4 members (excludes halogenated alkanes) is 14. The van der Waals surface area contributed by atoms with E-state index in [0.29, 0.717) is 24.9 Å². The average Bonchev–Trinajstić information content (AvgIpc) is 2.86. The van der Waals surface area contributed by atoms with Gasteiger partial charge in [0.2, 0.25) is 0 Å². The SMILES string of the molecule is CCCCCCCCCCCCCCCCCC(=O)SCCSCCC[Si](OCC)(OCC)OCC. The normalized spacial score (nSPS) is 11.9. The molecule has 216 valence electrons. The summed E-state index contributed by atoms with van der Waals surface area (Å²) < 4.78 is 17.7. The third-order valence-electron chi connectivity index (χ3n) is 6.34. The molecule has 0 aromatic rings. The predicted octanol–water partition coefficient (Wildman–Crippen LogP) is 9.68. The van der Waals surface area contributed by atoms with E-state index >= 15 is 0 Å². The Morgan fingerprint density at radius 2 is 1.00 bits per heavy atom. The van der Waals surface area contributed by atoms with Crippen molar-refractivity contribution in [2.45, 2.75) is 143 Å². The predicted molar refractivity (Wildman–Crippen MR) is 164 cm³/mol. The van der Waals surface area contributed by atoms with Crippen LogP contribution < -0.4 is 0 Å². The molecule has 0 spiro atoms. The van der Waals surface area contributed by atoms with Gasteiger partial charge in [-0.1, -0.05) is 109 Å². The molecule has 0 rings (SSSR count). The topological polar surface area (TPSA) is 44.8 Å². The summed E-state index contributed by atoms with van der Waals surface area (Å²) in [6, 6.07) is 0.876. The monoisotopic (exact) mass is 564 g/mol. The standard InChI is InChI=1S/C29H60O4S2Si/c1-5-9-10-11-12-13-14-15-16-17-18-19-20-21-22-24-29(30)35-27-26-34-25-23-28-36(31-6-2,32-7-3)33-8-4/h5-28H2,1-4H3. The zero-order valence-electron chi connectivity index (χ0n) is 24.4.